The highest BCUT2D eigenvalue weighted by Crippen LogP contribution is 2.44. The first-order valence-electron chi connectivity index (χ1n) is 20.9. The lowest BCUT2D eigenvalue weighted by atomic mass is 9.95. The van der Waals surface area contributed by atoms with Gasteiger partial charge in [0.25, 0.3) is 0 Å². The topological polar surface area (TPSA) is 56.7 Å². The van der Waals surface area contributed by atoms with E-state index in [-0.39, 0.29) is 0 Å². The van der Waals surface area contributed by atoms with Gasteiger partial charge in [0.1, 0.15) is 11.2 Å². The molecule has 0 atom stereocenters. The lowest BCUT2D eigenvalue weighted by molar-refractivity contribution is 0.669. The van der Waals surface area contributed by atoms with Crippen molar-refractivity contribution in [1.29, 1.82) is 0 Å². The molecule has 62 heavy (non-hydrogen) atoms. The second kappa shape index (κ2) is 14.7. The van der Waals surface area contributed by atoms with Gasteiger partial charge in [-0.3, -0.25) is 0 Å². The molecule has 0 bridgehead atoms. The number of fused-ring (bicyclic) bond motifs is 6. The summed E-state index contributed by atoms with van der Waals surface area (Å²) in [5, 5.41) is 4.41. The van der Waals surface area contributed by atoms with Crippen molar-refractivity contribution in [1.82, 2.24) is 19.5 Å². The number of furan rings is 1. The monoisotopic (exact) mass is 792 g/mol. The fourth-order valence-electron chi connectivity index (χ4n) is 9.02. The van der Waals surface area contributed by atoms with Gasteiger partial charge >= 0.3 is 0 Å². The maximum absolute atomic E-state index is 6.69. The summed E-state index contributed by atoms with van der Waals surface area (Å²) < 4.78 is 9.08. The summed E-state index contributed by atoms with van der Waals surface area (Å²) >= 11 is 0. The molecule has 0 N–H and O–H groups in total. The Hall–Kier alpha value is -8.41. The summed E-state index contributed by atoms with van der Waals surface area (Å²) in [7, 11) is 0. The van der Waals surface area contributed by atoms with Gasteiger partial charge < -0.3 is 8.98 Å². The number of para-hydroxylation sites is 3. The molecule has 12 aromatic rings. The van der Waals surface area contributed by atoms with Crippen LogP contribution in [0.5, 0.6) is 0 Å². The fraction of sp³-hybridized carbons (Fsp3) is 0. The standard InChI is InChI=1S/C57H36N4O/c1-3-16-37(17-4-1)41-20-13-21-42(36-41)38-32-34-40(35-33-38)56-58-55(39-18-5-2-6-19-39)59-57(60-56)47-26-15-31-52-54(47)53-46(25-14-30-51(53)62-52)45-24-9-12-29-50(45)61-48-27-10-7-22-43(48)44-23-8-11-28-49(44)61/h1-36H. The Balaban J connectivity index is 1.03. The summed E-state index contributed by atoms with van der Waals surface area (Å²) in [6.07, 6.45) is 0. The summed E-state index contributed by atoms with van der Waals surface area (Å²) in [6, 6.07) is 76.2. The molecule has 9 aromatic carbocycles. The van der Waals surface area contributed by atoms with Gasteiger partial charge in [0.05, 0.1) is 16.7 Å². The Labute approximate surface area is 357 Å². The van der Waals surface area contributed by atoms with Crippen LogP contribution in [-0.2, 0) is 0 Å². The number of hydrogen-bond donors (Lipinski definition) is 0. The number of benzene rings is 9. The summed E-state index contributed by atoms with van der Waals surface area (Å²) in [5.74, 6) is 1.78. The van der Waals surface area contributed by atoms with E-state index in [0.29, 0.717) is 17.5 Å². The SMILES string of the molecule is c1ccc(-c2cccc(-c3ccc(-c4nc(-c5ccccc5)nc(-c5cccc6oc7cccc(-c8ccccc8-n8c9ccccc9c9ccccc98)c7c56)n4)cc3)c2)cc1. The van der Waals surface area contributed by atoms with E-state index in [1.807, 2.05) is 48.5 Å². The second-order valence-electron chi connectivity index (χ2n) is 15.5. The average Bonchev–Trinajstić information content (AvgIpc) is 3.91. The van der Waals surface area contributed by atoms with Gasteiger partial charge in [-0.2, -0.15) is 0 Å². The van der Waals surface area contributed by atoms with E-state index in [1.54, 1.807) is 0 Å². The number of aromatic nitrogens is 4. The minimum Gasteiger partial charge on any atom is -0.456 e. The molecule has 5 nitrogen and oxygen atoms in total. The summed E-state index contributed by atoms with van der Waals surface area (Å²) in [6.45, 7) is 0. The van der Waals surface area contributed by atoms with E-state index in [2.05, 4.69) is 174 Å². The molecule has 0 saturated heterocycles. The fourth-order valence-corrected chi connectivity index (χ4v) is 9.02. The molecule has 0 spiro atoms. The third-order valence-corrected chi connectivity index (χ3v) is 11.9. The van der Waals surface area contributed by atoms with Crippen LogP contribution in [0.3, 0.4) is 0 Å². The third kappa shape index (κ3) is 5.98. The van der Waals surface area contributed by atoms with Gasteiger partial charge in [-0.05, 0) is 64.2 Å². The van der Waals surface area contributed by atoms with Gasteiger partial charge in [-0.1, -0.05) is 182 Å². The van der Waals surface area contributed by atoms with Crippen LogP contribution >= 0.6 is 0 Å². The minimum atomic E-state index is 0.576. The van der Waals surface area contributed by atoms with E-state index >= 15 is 0 Å². The molecule has 0 unspecified atom stereocenters. The van der Waals surface area contributed by atoms with E-state index in [1.165, 1.54) is 21.9 Å². The zero-order chi connectivity index (χ0) is 41.0. The first-order chi connectivity index (χ1) is 30.7. The van der Waals surface area contributed by atoms with Crippen molar-refractivity contribution in [2.75, 3.05) is 0 Å². The normalized spacial score (nSPS) is 11.5. The average molecular weight is 793 g/mol. The zero-order valence-corrected chi connectivity index (χ0v) is 33.5. The second-order valence-corrected chi connectivity index (χ2v) is 15.5. The van der Waals surface area contributed by atoms with Crippen molar-refractivity contribution in [3.05, 3.63) is 218 Å². The van der Waals surface area contributed by atoms with Gasteiger partial charge in [-0.15, -0.1) is 0 Å². The number of nitrogens with zero attached hydrogens (tertiary/aromatic N) is 4. The Kier molecular flexibility index (Phi) is 8.42. The molecule has 3 aromatic heterocycles. The molecule has 0 aliphatic heterocycles. The Bertz CT molecular complexity index is 3570. The van der Waals surface area contributed by atoms with Crippen molar-refractivity contribution in [3.63, 3.8) is 0 Å². The van der Waals surface area contributed by atoms with Crippen molar-refractivity contribution in [3.8, 4) is 73.2 Å². The highest BCUT2D eigenvalue weighted by Gasteiger charge is 2.22. The van der Waals surface area contributed by atoms with E-state index in [9.17, 15) is 0 Å². The van der Waals surface area contributed by atoms with Crippen LogP contribution in [-0.4, -0.2) is 19.5 Å². The molecule has 12 rings (SSSR count). The van der Waals surface area contributed by atoms with Crippen LogP contribution in [0.1, 0.15) is 0 Å². The summed E-state index contributed by atoms with van der Waals surface area (Å²) in [4.78, 5) is 15.5. The van der Waals surface area contributed by atoms with Crippen LogP contribution in [0.15, 0.2) is 223 Å². The number of hydrogen-bond acceptors (Lipinski definition) is 4. The molecule has 0 radical (unpaired) electrons. The van der Waals surface area contributed by atoms with Crippen LogP contribution in [0.4, 0.5) is 0 Å². The van der Waals surface area contributed by atoms with E-state index < -0.39 is 0 Å². The molecule has 5 heteroatoms. The van der Waals surface area contributed by atoms with Crippen molar-refractivity contribution < 1.29 is 4.42 Å². The maximum Gasteiger partial charge on any atom is 0.164 e. The van der Waals surface area contributed by atoms with Crippen molar-refractivity contribution >= 4 is 43.7 Å². The van der Waals surface area contributed by atoms with Gasteiger partial charge in [0.2, 0.25) is 0 Å². The Morgan fingerprint density at radius 1 is 0.306 bits per heavy atom. The molecule has 0 amide bonds. The molecule has 0 saturated carbocycles. The maximum atomic E-state index is 6.69. The third-order valence-electron chi connectivity index (χ3n) is 11.9. The lowest BCUT2D eigenvalue weighted by Gasteiger charge is -2.15. The predicted molar refractivity (Wildman–Crippen MR) is 254 cm³/mol. The zero-order valence-electron chi connectivity index (χ0n) is 33.5. The first-order valence-corrected chi connectivity index (χ1v) is 20.9. The largest absolute Gasteiger partial charge is 0.456 e. The molecular weight excluding hydrogens is 757 g/mol. The highest BCUT2D eigenvalue weighted by molar-refractivity contribution is 6.18. The van der Waals surface area contributed by atoms with E-state index in [0.717, 1.165) is 77.6 Å². The molecule has 290 valence electrons. The van der Waals surface area contributed by atoms with Gasteiger partial charge in [-0.25, -0.2) is 15.0 Å². The van der Waals surface area contributed by atoms with Crippen LogP contribution in [0, 0.1) is 0 Å². The van der Waals surface area contributed by atoms with E-state index in [4.69, 9.17) is 19.4 Å². The Morgan fingerprint density at radius 2 is 0.742 bits per heavy atom. The van der Waals surface area contributed by atoms with Crippen LogP contribution in [0.25, 0.3) is 117 Å². The van der Waals surface area contributed by atoms with Crippen molar-refractivity contribution in [2.24, 2.45) is 0 Å². The number of rotatable bonds is 7. The minimum absolute atomic E-state index is 0.576. The van der Waals surface area contributed by atoms with Gasteiger partial charge in [0, 0.05) is 43.8 Å². The molecular formula is C57H36N4O. The molecule has 0 aliphatic carbocycles. The van der Waals surface area contributed by atoms with Crippen LogP contribution < -0.4 is 0 Å². The highest BCUT2D eigenvalue weighted by atomic mass is 16.3. The molecule has 0 fully saturated rings. The molecule has 3 heterocycles. The van der Waals surface area contributed by atoms with Crippen LogP contribution in [0.2, 0.25) is 0 Å². The van der Waals surface area contributed by atoms with Gasteiger partial charge in [0.15, 0.2) is 17.5 Å². The molecule has 0 aliphatic rings. The summed E-state index contributed by atoms with van der Waals surface area (Å²) in [5.41, 5.74) is 14.5. The predicted octanol–water partition coefficient (Wildman–Crippen LogP) is 14.9. The lowest BCUT2D eigenvalue weighted by Crippen LogP contribution is -2.00. The first kappa shape index (κ1) is 35.5. The van der Waals surface area contributed by atoms with Crippen molar-refractivity contribution in [2.45, 2.75) is 0 Å². The quantitative estimate of drug-likeness (QED) is 0.161. The Morgan fingerprint density at radius 3 is 1.40 bits per heavy atom. The smallest absolute Gasteiger partial charge is 0.164 e.